The minimum absolute atomic E-state index is 0.147. The molecule has 33 heavy (non-hydrogen) atoms. The highest BCUT2D eigenvalue weighted by molar-refractivity contribution is 7.85. The van der Waals surface area contributed by atoms with Crippen LogP contribution in [0.3, 0.4) is 0 Å². The molecular weight excluding hydrogens is 459 g/mol. The number of benzene rings is 2. The summed E-state index contributed by atoms with van der Waals surface area (Å²) >= 11 is 0. The van der Waals surface area contributed by atoms with Crippen molar-refractivity contribution in [2.24, 2.45) is 0 Å². The van der Waals surface area contributed by atoms with Crippen molar-refractivity contribution in [3.63, 3.8) is 0 Å². The van der Waals surface area contributed by atoms with E-state index in [-0.39, 0.29) is 13.2 Å². The second-order valence-electron chi connectivity index (χ2n) is 7.43. The van der Waals surface area contributed by atoms with E-state index in [0.29, 0.717) is 24.7 Å². The maximum Gasteiger partial charge on any atom is 0.264 e. The third-order valence-electron chi connectivity index (χ3n) is 4.70. The van der Waals surface area contributed by atoms with Crippen LogP contribution in [0.2, 0.25) is 0 Å². The molecule has 2 aromatic carbocycles. The summed E-state index contributed by atoms with van der Waals surface area (Å²) in [7, 11) is -3.64. The second kappa shape index (κ2) is 11.2. The molecule has 0 bridgehead atoms. The Morgan fingerprint density at radius 3 is 1.76 bits per heavy atom. The molecule has 2 N–H and O–H groups in total. The van der Waals surface area contributed by atoms with Gasteiger partial charge in [0, 0.05) is 11.1 Å². The number of hydrogen-bond donors (Lipinski definition) is 2. The summed E-state index contributed by atoms with van der Waals surface area (Å²) in [5, 5.41) is 19.1. The molecular formula is C22H27FO9S. The van der Waals surface area contributed by atoms with E-state index in [2.05, 4.69) is 4.18 Å². The third kappa shape index (κ3) is 7.10. The van der Waals surface area contributed by atoms with Crippen LogP contribution >= 0.6 is 0 Å². The average molecular weight is 487 g/mol. The number of hydrogen-bond acceptors (Lipinski definition) is 9. The number of aliphatic hydroxyl groups excluding tert-OH is 2. The zero-order valence-electron chi connectivity index (χ0n) is 18.1. The Kier molecular flexibility index (Phi) is 8.63. The summed E-state index contributed by atoms with van der Waals surface area (Å²) in [5.41, 5.74) is 1.44. The predicted octanol–water partition coefficient (Wildman–Crippen LogP) is 1.36. The fraction of sp³-hybridized carbons (Fsp3) is 0.455. The van der Waals surface area contributed by atoms with Crippen LogP contribution in [0.15, 0.2) is 48.5 Å². The normalized spacial score (nSPS) is 17.5. The molecule has 2 atom stereocenters. The molecule has 0 spiro atoms. The molecule has 1 aliphatic rings. The number of halogens is 1. The molecule has 1 fully saturated rings. The first-order valence-corrected chi connectivity index (χ1v) is 12.0. The molecule has 0 saturated carbocycles. The molecule has 182 valence electrons. The lowest BCUT2D eigenvalue weighted by Crippen LogP contribution is -2.28. The van der Waals surface area contributed by atoms with Gasteiger partial charge in [-0.1, -0.05) is 0 Å². The summed E-state index contributed by atoms with van der Waals surface area (Å²) in [6.07, 6.45) is -1.38. The molecule has 0 radical (unpaired) electrons. The summed E-state index contributed by atoms with van der Waals surface area (Å²) in [6, 6.07) is 13.8. The summed E-state index contributed by atoms with van der Waals surface area (Å²) in [4.78, 5) is 0. The van der Waals surface area contributed by atoms with Crippen molar-refractivity contribution in [2.75, 3.05) is 46.0 Å². The standard InChI is InChI=1S/C22H27FO9S/c1-33(26,27)32-15-19(25)14-29-21-8-4-17(5-9-21)22(30-10-11-31-22)16-2-6-20(7-3-16)28-13-18(24)12-23/h2-9,18-19,24-25H,10-15H2,1H3. The van der Waals surface area contributed by atoms with E-state index in [0.717, 1.165) is 17.4 Å². The lowest BCUT2D eigenvalue weighted by molar-refractivity contribution is -0.129. The van der Waals surface area contributed by atoms with E-state index in [1.807, 2.05) is 0 Å². The maximum atomic E-state index is 12.4. The molecule has 2 aromatic rings. The Hall–Kier alpha value is -2.28. The van der Waals surface area contributed by atoms with E-state index >= 15 is 0 Å². The number of aliphatic hydroxyl groups is 2. The van der Waals surface area contributed by atoms with Crippen LogP contribution in [-0.4, -0.2) is 76.8 Å². The van der Waals surface area contributed by atoms with Gasteiger partial charge in [-0.15, -0.1) is 0 Å². The highest BCUT2D eigenvalue weighted by Gasteiger charge is 2.40. The fourth-order valence-electron chi connectivity index (χ4n) is 3.13. The lowest BCUT2D eigenvalue weighted by Gasteiger charge is -2.28. The molecule has 0 aromatic heterocycles. The van der Waals surface area contributed by atoms with E-state index in [1.165, 1.54) is 0 Å². The molecule has 11 heteroatoms. The zero-order valence-corrected chi connectivity index (χ0v) is 18.9. The minimum Gasteiger partial charge on any atom is -0.491 e. The van der Waals surface area contributed by atoms with Gasteiger partial charge in [0.05, 0.1) is 26.1 Å². The van der Waals surface area contributed by atoms with E-state index in [1.54, 1.807) is 48.5 Å². The van der Waals surface area contributed by atoms with Gasteiger partial charge in [0.1, 0.15) is 43.6 Å². The smallest absolute Gasteiger partial charge is 0.264 e. The lowest BCUT2D eigenvalue weighted by atomic mass is 9.97. The SMILES string of the molecule is CS(=O)(=O)OCC(O)COc1ccc(C2(c3ccc(OCC(O)CF)cc3)OCCO2)cc1. The van der Waals surface area contributed by atoms with Gasteiger partial charge < -0.3 is 29.2 Å². The largest absolute Gasteiger partial charge is 0.491 e. The molecule has 0 aliphatic carbocycles. The average Bonchev–Trinajstić information content (AvgIpc) is 3.31. The van der Waals surface area contributed by atoms with E-state index in [9.17, 15) is 23.0 Å². The van der Waals surface area contributed by atoms with Crippen LogP contribution in [0.5, 0.6) is 11.5 Å². The summed E-state index contributed by atoms with van der Waals surface area (Å²) < 4.78 is 61.7. The predicted molar refractivity (Wildman–Crippen MR) is 115 cm³/mol. The van der Waals surface area contributed by atoms with E-state index in [4.69, 9.17) is 18.9 Å². The highest BCUT2D eigenvalue weighted by atomic mass is 32.2. The monoisotopic (exact) mass is 486 g/mol. The van der Waals surface area contributed by atoms with Crippen molar-refractivity contribution in [3.05, 3.63) is 59.7 Å². The van der Waals surface area contributed by atoms with Crippen molar-refractivity contribution in [1.82, 2.24) is 0 Å². The van der Waals surface area contributed by atoms with Crippen molar-refractivity contribution >= 4 is 10.1 Å². The molecule has 1 aliphatic heterocycles. The Morgan fingerprint density at radius 1 is 0.879 bits per heavy atom. The van der Waals surface area contributed by atoms with Gasteiger partial charge in [0.2, 0.25) is 5.79 Å². The van der Waals surface area contributed by atoms with Crippen LogP contribution in [0.25, 0.3) is 0 Å². The van der Waals surface area contributed by atoms with Crippen molar-refractivity contribution in [1.29, 1.82) is 0 Å². The first-order chi connectivity index (χ1) is 15.7. The maximum absolute atomic E-state index is 12.4. The van der Waals surface area contributed by atoms with Crippen molar-refractivity contribution in [2.45, 2.75) is 18.0 Å². The third-order valence-corrected chi connectivity index (χ3v) is 5.26. The van der Waals surface area contributed by atoms with Gasteiger partial charge in [-0.05, 0) is 48.5 Å². The molecule has 9 nitrogen and oxygen atoms in total. The Morgan fingerprint density at radius 2 is 1.33 bits per heavy atom. The van der Waals surface area contributed by atoms with Gasteiger partial charge >= 0.3 is 0 Å². The topological polar surface area (TPSA) is 121 Å². The Labute approximate surface area is 191 Å². The number of ether oxygens (including phenoxy) is 4. The van der Waals surface area contributed by atoms with Crippen molar-refractivity contribution in [3.8, 4) is 11.5 Å². The van der Waals surface area contributed by atoms with Gasteiger partial charge in [0.15, 0.2) is 0 Å². The highest BCUT2D eigenvalue weighted by Crippen LogP contribution is 2.39. The first-order valence-electron chi connectivity index (χ1n) is 10.2. The van der Waals surface area contributed by atoms with Gasteiger partial charge in [0.25, 0.3) is 10.1 Å². The van der Waals surface area contributed by atoms with Gasteiger partial charge in [-0.25, -0.2) is 4.39 Å². The van der Waals surface area contributed by atoms with Gasteiger partial charge in [-0.3, -0.25) is 4.18 Å². The van der Waals surface area contributed by atoms with Gasteiger partial charge in [-0.2, -0.15) is 8.42 Å². The van der Waals surface area contributed by atoms with Crippen molar-refractivity contribution < 1.29 is 46.2 Å². The number of alkyl halides is 1. The Balaban J connectivity index is 1.65. The second-order valence-corrected chi connectivity index (χ2v) is 9.08. The van der Waals surface area contributed by atoms with Crippen LogP contribution in [0.1, 0.15) is 11.1 Å². The molecule has 3 rings (SSSR count). The van der Waals surface area contributed by atoms with Crippen LogP contribution in [0, 0.1) is 0 Å². The quantitative estimate of drug-likeness (QED) is 0.429. The molecule has 0 amide bonds. The van der Waals surface area contributed by atoms with Crippen LogP contribution < -0.4 is 9.47 Å². The Bertz CT molecular complexity index is 974. The minimum atomic E-state index is -3.64. The van der Waals surface area contributed by atoms with Crippen LogP contribution in [0.4, 0.5) is 4.39 Å². The summed E-state index contributed by atoms with van der Waals surface area (Å²) in [6.45, 7) is -0.780. The fourth-order valence-corrected chi connectivity index (χ4v) is 3.54. The number of rotatable bonds is 12. The zero-order chi connectivity index (χ0) is 23.9. The summed E-state index contributed by atoms with van der Waals surface area (Å²) in [5.74, 6) is -0.194. The van der Waals surface area contributed by atoms with Crippen LogP contribution in [-0.2, 0) is 29.6 Å². The first kappa shape index (κ1) is 25.3. The molecule has 2 unspecified atom stereocenters. The molecule has 1 heterocycles. The molecule has 1 saturated heterocycles. The van der Waals surface area contributed by atoms with E-state index < -0.39 is 41.4 Å².